The van der Waals surface area contributed by atoms with E-state index in [1.54, 1.807) is 11.1 Å². The van der Waals surface area contributed by atoms with Crippen molar-refractivity contribution in [2.45, 2.75) is 59.8 Å². The Bertz CT molecular complexity index is 302. The topological polar surface area (TPSA) is 0 Å². The molecule has 0 saturated heterocycles. The van der Waals surface area contributed by atoms with Crippen molar-refractivity contribution in [1.82, 2.24) is 0 Å². The second-order valence-corrected chi connectivity index (χ2v) is 4.81. The third kappa shape index (κ3) is 3.37. The lowest BCUT2D eigenvalue weighted by atomic mass is 9.82. The molecule has 1 aliphatic carbocycles. The summed E-state index contributed by atoms with van der Waals surface area (Å²) < 4.78 is 0. The summed E-state index contributed by atoms with van der Waals surface area (Å²) in [5, 5.41) is 0. The molecule has 0 N–H and O–H groups in total. The highest BCUT2D eigenvalue weighted by molar-refractivity contribution is 5.44. The van der Waals surface area contributed by atoms with Crippen LogP contribution in [0.2, 0.25) is 0 Å². The summed E-state index contributed by atoms with van der Waals surface area (Å²) in [7, 11) is 0. The molecule has 0 aromatic carbocycles. The summed E-state index contributed by atoms with van der Waals surface area (Å²) >= 11 is 0. The minimum atomic E-state index is 0.673. The van der Waals surface area contributed by atoms with Crippen LogP contribution in [0.1, 0.15) is 59.8 Å². The van der Waals surface area contributed by atoms with E-state index >= 15 is 0 Å². The summed E-state index contributed by atoms with van der Waals surface area (Å²) in [6.07, 6.45) is 13.6. The van der Waals surface area contributed by atoms with Gasteiger partial charge in [-0.3, -0.25) is 0 Å². The molecule has 1 aliphatic rings. The Morgan fingerprint density at radius 1 is 1.25 bits per heavy atom. The zero-order valence-electron chi connectivity index (χ0n) is 11.3. The van der Waals surface area contributed by atoms with E-state index in [2.05, 4.69) is 45.9 Å². The average molecular weight is 218 g/mol. The van der Waals surface area contributed by atoms with Gasteiger partial charge in [-0.1, -0.05) is 50.5 Å². The predicted molar refractivity (Wildman–Crippen MR) is 73.5 cm³/mol. The van der Waals surface area contributed by atoms with E-state index in [4.69, 9.17) is 0 Å². The van der Waals surface area contributed by atoms with Crippen molar-refractivity contribution in [2.24, 2.45) is 5.92 Å². The lowest BCUT2D eigenvalue weighted by Gasteiger charge is -2.23. The third-order valence-corrected chi connectivity index (χ3v) is 3.40. The Kier molecular flexibility index (Phi) is 5.59. The summed E-state index contributed by atoms with van der Waals surface area (Å²) in [4.78, 5) is 0. The van der Waals surface area contributed by atoms with Gasteiger partial charge >= 0.3 is 0 Å². The highest BCUT2D eigenvalue weighted by atomic mass is 14.2. The van der Waals surface area contributed by atoms with Gasteiger partial charge in [0.1, 0.15) is 0 Å². The summed E-state index contributed by atoms with van der Waals surface area (Å²) in [5.74, 6) is 0.673. The molecule has 0 radical (unpaired) electrons. The molecule has 0 heteroatoms. The van der Waals surface area contributed by atoms with Crippen molar-refractivity contribution in [3.05, 3.63) is 34.9 Å². The van der Waals surface area contributed by atoms with Crippen LogP contribution >= 0.6 is 0 Å². The molecule has 0 amide bonds. The quantitative estimate of drug-likeness (QED) is 0.577. The zero-order chi connectivity index (χ0) is 12.0. The highest BCUT2D eigenvalue weighted by Gasteiger charge is 2.16. The van der Waals surface area contributed by atoms with Gasteiger partial charge in [0, 0.05) is 5.92 Å². The number of hydrogen-bond donors (Lipinski definition) is 0. The maximum Gasteiger partial charge on any atom is 0.00230 e. The van der Waals surface area contributed by atoms with Crippen LogP contribution in [-0.4, -0.2) is 0 Å². The van der Waals surface area contributed by atoms with Gasteiger partial charge in [0.15, 0.2) is 0 Å². The van der Waals surface area contributed by atoms with Crippen molar-refractivity contribution in [2.75, 3.05) is 0 Å². The van der Waals surface area contributed by atoms with E-state index in [1.165, 1.54) is 37.7 Å². The minimum Gasteiger partial charge on any atom is -0.0836 e. The Balaban J connectivity index is 2.81. The number of hydrogen-bond acceptors (Lipinski definition) is 0. The highest BCUT2D eigenvalue weighted by Crippen LogP contribution is 2.32. The van der Waals surface area contributed by atoms with Crippen LogP contribution in [0.5, 0.6) is 0 Å². The van der Waals surface area contributed by atoms with Gasteiger partial charge in [-0.05, 0) is 44.3 Å². The fourth-order valence-corrected chi connectivity index (χ4v) is 2.58. The standard InChI is InChI=1S/C16H26/c1-5-8-10-14-11-13(4)16(7-3)15(12-14)9-6-2/h7,11-12,15H,5-6,8-10H2,1-4H3. The summed E-state index contributed by atoms with van der Waals surface area (Å²) in [6, 6.07) is 0. The van der Waals surface area contributed by atoms with Gasteiger partial charge in [-0.25, -0.2) is 0 Å². The molecule has 0 fully saturated rings. The van der Waals surface area contributed by atoms with Crippen LogP contribution in [0, 0.1) is 5.92 Å². The predicted octanol–water partition coefficient (Wildman–Crippen LogP) is 5.43. The molecule has 0 saturated carbocycles. The normalized spacial score (nSPS) is 23.2. The van der Waals surface area contributed by atoms with Gasteiger partial charge in [-0.2, -0.15) is 0 Å². The van der Waals surface area contributed by atoms with Crippen LogP contribution in [0.25, 0.3) is 0 Å². The lowest BCUT2D eigenvalue weighted by molar-refractivity contribution is 0.647. The van der Waals surface area contributed by atoms with Crippen LogP contribution in [0.4, 0.5) is 0 Å². The number of allylic oxidation sites excluding steroid dienone is 6. The second-order valence-electron chi connectivity index (χ2n) is 4.81. The van der Waals surface area contributed by atoms with Crippen molar-refractivity contribution < 1.29 is 0 Å². The molecule has 90 valence electrons. The van der Waals surface area contributed by atoms with Crippen molar-refractivity contribution in [1.29, 1.82) is 0 Å². The molecule has 0 aromatic rings. The Morgan fingerprint density at radius 3 is 2.56 bits per heavy atom. The van der Waals surface area contributed by atoms with Crippen LogP contribution < -0.4 is 0 Å². The Hall–Kier alpha value is -0.780. The molecular formula is C16H26. The second kappa shape index (κ2) is 6.73. The van der Waals surface area contributed by atoms with E-state index in [1.807, 2.05) is 0 Å². The van der Waals surface area contributed by atoms with Crippen LogP contribution in [0.3, 0.4) is 0 Å². The largest absolute Gasteiger partial charge is 0.0836 e. The van der Waals surface area contributed by atoms with Crippen molar-refractivity contribution in [3.8, 4) is 0 Å². The third-order valence-electron chi connectivity index (χ3n) is 3.40. The van der Waals surface area contributed by atoms with E-state index in [0.29, 0.717) is 5.92 Å². The average Bonchev–Trinajstić information content (AvgIpc) is 2.26. The number of unbranched alkanes of at least 4 members (excludes halogenated alkanes) is 1. The van der Waals surface area contributed by atoms with Gasteiger partial charge in [0.25, 0.3) is 0 Å². The number of rotatable bonds is 5. The maximum absolute atomic E-state index is 2.50. The van der Waals surface area contributed by atoms with Crippen LogP contribution in [0.15, 0.2) is 34.9 Å². The van der Waals surface area contributed by atoms with E-state index in [0.717, 1.165) is 0 Å². The fraction of sp³-hybridized carbons (Fsp3) is 0.625. The van der Waals surface area contributed by atoms with Crippen molar-refractivity contribution >= 4 is 0 Å². The monoisotopic (exact) mass is 218 g/mol. The van der Waals surface area contributed by atoms with Gasteiger partial charge in [0.05, 0.1) is 0 Å². The molecule has 0 nitrogen and oxygen atoms in total. The van der Waals surface area contributed by atoms with Crippen LogP contribution in [-0.2, 0) is 0 Å². The first-order valence-corrected chi connectivity index (χ1v) is 6.78. The molecule has 0 spiro atoms. The molecule has 0 aliphatic heterocycles. The van der Waals surface area contributed by atoms with E-state index < -0.39 is 0 Å². The smallest absolute Gasteiger partial charge is 0.00230 e. The molecule has 0 aromatic heterocycles. The van der Waals surface area contributed by atoms with Gasteiger partial charge in [-0.15, -0.1) is 0 Å². The first kappa shape index (κ1) is 13.3. The minimum absolute atomic E-state index is 0.673. The maximum atomic E-state index is 2.50. The first-order chi connectivity index (χ1) is 7.72. The molecular weight excluding hydrogens is 192 g/mol. The molecule has 1 atom stereocenters. The first-order valence-electron chi connectivity index (χ1n) is 6.78. The van der Waals surface area contributed by atoms with Gasteiger partial charge in [0.2, 0.25) is 0 Å². The molecule has 1 rings (SSSR count). The fourth-order valence-electron chi connectivity index (χ4n) is 2.58. The van der Waals surface area contributed by atoms with E-state index in [9.17, 15) is 0 Å². The summed E-state index contributed by atoms with van der Waals surface area (Å²) in [6.45, 7) is 8.97. The molecule has 16 heavy (non-hydrogen) atoms. The molecule has 0 bridgehead atoms. The zero-order valence-corrected chi connectivity index (χ0v) is 11.3. The Morgan fingerprint density at radius 2 is 2.00 bits per heavy atom. The SMILES string of the molecule is CC=C1C(C)=CC(CCCC)=CC1CCC. The van der Waals surface area contributed by atoms with Gasteiger partial charge < -0.3 is 0 Å². The Labute approximate surface area is 101 Å². The summed E-state index contributed by atoms with van der Waals surface area (Å²) in [5.41, 5.74) is 4.58. The lowest BCUT2D eigenvalue weighted by Crippen LogP contribution is -2.08. The van der Waals surface area contributed by atoms with Crippen molar-refractivity contribution in [3.63, 3.8) is 0 Å². The molecule has 0 heterocycles. The molecule has 1 unspecified atom stereocenters. The van der Waals surface area contributed by atoms with E-state index in [-0.39, 0.29) is 0 Å².